The van der Waals surface area contributed by atoms with Crippen LogP contribution in [0.4, 0.5) is 8.78 Å². The second kappa shape index (κ2) is 27.5. The van der Waals surface area contributed by atoms with E-state index in [1.54, 1.807) is 58.1 Å². The molecule has 2 aromatic carbocycles. The highest BCUT2D eigenvalue weighted by Crippen LogP contribution is 2.54. The number of nitrogens with one attached hydrogen (secondary N) is 1. The summed E-state index contributed by atoms with van der Waals surface area (Å²) in [5.41, 5.74) is 3.60. The van der Waals surface area contributed by atoms with E-state index in [-0.39, 0.29) is 42.4 Å². The molecule has 10 nitrogen and oxygen atoms in total. The number of aromatic amines is 1. The van der Waals surface area contributed by atoms with Gasteiger partial charge in [0.05, 0.1) is 34.0 Å². The van der Waals surface area contributed by atoms with Crippen molar-refractivity contribution in [2.45, 2.75) is 122 Å². The molecule has 4 atom stereocenters. The lowest BCUT2D eigenvalue weighted by Gasteiger charge is -2.29. The van der Waals surface area contributed by atoms with Crippen molar-refractivity contribution < 1.29 is 41.2 Å². The Balaban J connectivity index is 0.000000214. The van der Waals surface area contributed by atoms with E-state index in [2.05, 4.69) is 9.97 Å². The molecule has 2 heterocycles. The molecule has 4 saturated carbocycles. The maximum atomic E-state index is 14.4. The van der Waals surface area contributed by atoms with E-state index in [0.717, 1.165) is 98.1 Å². The lowest BCUT2D eigenvalue weighted by Crippen LogP contribution is -2.20. The number of methoxy groups -OCH3 is 2. The van der Waals surface area contributed by atoms with Crippen molar-refractivity contribution in [1.82, 2.24) is 9.97 Å². The molecule has 4 aliphatic carbocycles. The number of ether oxygens (including phenoxy) is 3. The highest BCUT2D eigenvalue weighted by Gasteiger charge is 2.38. The lowest BCUT2D eigenvalue weighted by atomic mass is 9.79. The Hall–Kier alpha value is -3.53. The van der Waals surface area contributed by atoms with Gasteiger partial charge in [0.15, 0.2) is 0 Å². The van der Waals surface area contributed by atoms with Gasteiger partial charge in [-0.1, -0.05) is 7.43 Å². The van der Waals surface area contributed by atoms with Crippen LogP contribution in [0, 0.1) is 35.3 Å². The smallest absolute Gasteiger partial charge is 0.248 e. The molecular weight excluding hydrogens is 952 g/mol. The van der Waals surface area contributed by atoms with Gasteiger partial charge < -0.3 is 28.2 Å². The van der Waals surface area contributed by atoms with Crippen LogP contribution in [0.5, 0.6) is 17.4 Å². The molecule has 388 valence electrons. The minimum Gasteiger partial charge on any atom is -0.497 e. The third-order valence-corrected chi connectivity index (χ3v) is 18.5. The number of hydrogen-bond acceptors (Lipinski definition) is 9. The zero-order valence-electron chi connectivity index (χ0n) is 41.5. The van der Waals surface area contributed by atoms with E-state index in [0.29, 0.717) is 73.4 Å². The second-order valence-corrected chi connectivity index (χ2v) is 25.3. The van der Waals surface area contributed by atoms with Crippen LogP contribution in [0.2, 0.25) is 0 Å². The van der Waals surface area contributed by atoms with Crippen molar-refractivity contribution in [3.05, 3.63) is 117 Å². The molecule has 2 aromatic heterocycles. The summed E-state index contributed by atoms with van der Waals surface area (Å²) in [5, 5.41) is 0. The van der Waals surface area contributed by atoms with E-state index in [1.165, 1.54) is 25.0 Å². The van der Waals surface area contributed by atoms with Crippen LogP contribution in [0.25, 0.3) is 0 Å². The number of halogens is 3. The molecular formula is C55H79ClF2N2O8P2. The van der Waals surface area contributed by atoms with E-state index >= 15 is 0 Å². The standard InChI is InChI=1S/C27H37FNO4P.C14H18ClFO.C13H20NO3P.CH4/c1-4-33-34(3,30)18-25(21-9-10-21)22-13-14-29-27(15-22)32-17-19-5-7-20(8-6-19)24-16-23(31-2)11-12-26(24)28;1-17-12-6-7-14(16)13(8-12)11-4-2-10(9-15)3-5-11;1-3-17-18(2,16)9-12(10-4-5-10)11-6-7-14-13(15)8-11;/h11-16,19-21,25H,4-10,17-18H2,1-3H3;6-8,10-11H,2-5,9H2,1H3;6-8,10,12H,3-5,9H2,1-2H3,(H,14,15);1H4/t19?,20?,25-,34?;;12-,18?;/m0.0./s1. The van der Waals surface area contributed by atoms with Crippen LogP contribution in [0.15, 0.2) is 77.9 Å². The van der Waals surface area contributed by atoms with E-state index in [1.807, 2.05) is 44.2 Å². The van der Waals surface area contributed by atoms with Gasteiger partial charge >= 0.3 is 0 Å². The highest BCUT2D eigenvalue weighted by molar-refractivity contribution is 7.58. The maximum absolute atomic E-state index is 14.4. The summed E-state index contributed by atoms with van der Waals surface area (Å²) in [4.78, 5) is 18.4. The molecule has 0 spiro atoms. The molecule has 0 aliphatic heterocycles. The van der Waals surface area contributed by atoms with Crippen molar-refractivity contribution in [2.75, 3.05) is 65.6 Å². The van der Waals surface area contributed by atoms with Crippen molar-refractivity contribution in [3.8, 4) is 17.4 Å². The Morgan fingerprint density at radius 1 is 0.671 bits per heavy atom. The molecule has 0 amide bonds. The molecule has 4 fully saturated rings. The Labute approximate surface area is 421 Å². The summed E-state index contributed by atoms with van der Waals surface area (Å²) in [6, 6.07) is 17.6. The van der Waals surface area contributed by atoms with E-state index in [9.17, 15) is 22.7 Å². The average Bonchev–Trinajstić information content (AvgIpc) is 4.29. The molecule has 0 bridgehead atoms. The molecule has 4 aliphatic rings. The second-order valence-electron chi connectivity index (χ2n) is 19.7. The first-order valence-electron chi connectivity index (χ1n) is 25.1. The summed E-state index contributed by atoms with van der Waals surface area (Å²) in [5.74, 6) is 5.68. The third-order valence-electron chi connectivity index (χ3n) is 14.3. The minimum atomic E-state index is -2.62. The summed E-state index contributed by atoms with van der Waals surface area (Å²) in [6.07, 6.45) is 17.4. The van der Waals surface area contributed by atoms with Gasteiger partial charge in [-0.2, -0.15) is 0 Å². The van der Waals surface area contributed by atoms with Gasteiger partial charge in [-0.3, -0.25) is 13.9 Å². The van der Waals surface area contributed by atoms with Gasteiger partial charge in [-0.05, 0) is 209 Å². The summed E-state index contributed by atoms with van der Waals surface area (Å²) in [7, 11) is -1.95. The van der Waals surface area contributed by atoms with Crippen LogP contribution in [0.3, 0.4) is 0 Å². The number of alkyl halides is 1. The van der Waals surface area contributed by atoms with Gasteiger partial charge in [-0.15, -0.1) is 11.6 Å². The number of benzene rings is 2. The average molecular weight is 1030 g/mol. The first-order valence-corrected chi connectivity index (χ1v) is 30.1. The number of nitrogens with zero attached hydrogens (tertiary/aromatic N) is 1. The van der Waals surface area contributed by atoms with Crippen LogP contribution < -0.4 is 19.8 Å². The number of rotatable bonds is 20. The van der Waals surface area contributed by atoms with Crippen molar-refractivity contribution >= 4 is 26.3 Å². The highest BCUT2D eigenvalue weighted by atomic mass is 35.5. The quantitative estimate of drug-likeness (QED) is 0.0680. The molecule has 8 rings (SSSR count). The van der Waals surface area contributed by atoms with Gasteiger partial charge in [0.1, 0.15) is 23.1 Å². The Morgan fingerprint density at radius 2 is 1.14 bits per heavy atom. The zero-order valence-corrected chi connectivity index (χ0v) is 44.1. The maximum Gasteiger partial charge on any atom is 0.248 e. The molecule has 0 saturated heterocycles. The molecule has 70 heavy (non-hydrogen) atoms. The Morgan fingerprint density at radius 3 is 1.57 bits per heavy atom. The van der Waals surface area contributed by atoms with Gasteiger partial charge in [0.25, 0.3) is 0 Å². The number of aromatic nitrogens is 2. The lowest BCUT2D eigenvalue weighted by molar-refractivity contribution is 0.193. The van der Waals surface area contributed by atoms with Gasteiger partial charge in [0.2, 0.25) is 26.2 Å². The third kappa shape index (κ3) is 17.6. The minimum absolute atomic E-state index is 0. The number of pyridine rings is 2. The van der Waals surface area contributed by atoms with Crippen LogP contribution in [0.1, 0.15) is 144 Å². The normalized spacial score (nSPS) is 22.5. The van der Waals surface area contributed by atoms with Crippen molar-refractivity contribution in [3.63, 3.8) is 0 Å². The number of H-pyrrole nitrogens is 1. The predicted molar refractivity (Wildman–Crippen MR) is 281 cm³/mol. The molecule has 1 N–H and O–H groups in total. The molecule has 15 heteroatoms. The molecule has 0 radical (unpaired) electrons. The van der Waals surface area contributed by atoms with Crippen LogP contribution in [-0.4, -0.2) is 75.5 Å². The fourth-order valence-corrected chi connectivity index (χ4v) is 14.3. The molecule has 2 unspecified atom stereocenters. The Bertz CT molecular complexity index is 2380. The summed E-state index contributed by atoms with van der Waals surface area (Å²) in [6.45, 7) is 8.75. The summed E-state index contributed by atoms with van der Waals surface area (Å²) < 4.78 is 80.7. The fraction of sp³-hybridized carbons (Fsp3) is 0.600. The van der Waals surface area contributed by atoms with E-state index in [4.69, 9.17) is 34.9 Å². The number of hydrogen-bond donors (Lipinski definition) is 1. The van der Waals surface area contributed by atoms with Crippen LogP contribution in [-0.2, 0) is 18.2 Å². The van der Waals surface area contributed by atoms with Gasteiger partial charge in [0, 0.05) is 56.1 Å². The first kappa shape index (κ1) is 57.4. The van der Waals surface area contributed by atoms with Crippen molar-refractivity contribution in [2.24, 2.45) is 23.7 Å². The van der Waals surface area contributed by atoms with Gasteiger partial charge in [-0.25, -0.2) is 13.8 Å². The summed E-state index contributed by atoms with van der Waals surface area (Å²) >= 11 is 5.86. The predicted octanol–water partition coefficient (Wildman–Crippen LogP) is 14.8. The van der Waals surface area contributed by atoms with Crippen LogP contribution >= 0.6 is 26.3 Å². The molecule has 4 aromatic rings. The topological polar surface area (TPSA) is 126 Å². The van der Waals surface area contributed by atoms with Crippen molar-refractivity contribution in [1.29, 1.82) is 0 Å². The zero-order chi connectivity index (χ0) is 49.6. The SMILES string of the molecule is C.CCOP(C)(=O)C[C@H](c1cc[nH]c(=O)c1)C1CC1.CCOP(C)(=O)C[C@H](c1ccnc(OCC2CCC(c3cc(OC)ccc3F)CC2)c1)C1CC1.COc1ccc(F)c(C2CCC(CCl)CC2)c1. The largest absolute Gasteiger partial charge is 0.497 e. The Kier molecular flexibility index (Phi) is 22.5. The monoisotopic (exact) mass is 1030 g/mol. The first-order chi connectivity index (χ1) is 33.1. The fourth-order valence-electron chi connectivity index (χ4n) is 10.2. The van der Waals surface area contributed by atoms with E-state index < -0.39 is 14.7 Å².